The largest absolute Gasteiger partial charge is 0.548 e. The van der Waals surface area contributed by atoms with E-state index in [1.165, 1.54) is 0 Å². The number of aliphatic carboxylic acids is 1. The second-order valence-electron chi connectivity index (χ2n) is 3.35. The fourth-order valence-corrected chi connectivity index (χ4v) is 1.35. The van der Waals surface area contributed by atoms with Crippen LogP contribution in [-0.4, -0.2) is 12.5 Å². The summed E-state index contributed by atoms with van der Waals surface area (Å²) in [7, 11) is 0. The quantitative estimate of drug-likeness (QED) is 0.530. The van der Waals surface area contributed by atoms with Gasteiger partial charge in [-0.25, -0.2) is 5.84 Å². The minimum Gasteiger partial charge on any atom is -0.548 e. The van der Waals surface area contributed by atoms with E-state index in [9.17, 15) is 9.90 Å². The topological polar surface area (TPSA) is 69.4 Å². The Morgan fingerprint density at radius 2 is 1.86 bits per heavy atom. The fraction of sp³-hybridized carbons (Fsp3) is 0.300. The summed E-state index contributed by atoms with van der Waals surface area (Å²) in [5.41, 5.74) is 2.79. The van der Waals surface area contributed by atoms with Crippen molar-refractivity contribution in [3.8, 4) is 0 Å². The number of carboxylic acid groups (broad SMARTS) is 1. The van der Waals surface area contributed by atoms with Gasteiger partial charge in [0.2, 0.25) is 0 Å². The Morgan fingerprint density at radius 3 is 2.29 bits per heavy atom. The zero-order valence-electron chi connectivity index (χ0n) is 8.28. The number of nitrogens with two attached hydrogens (primary N) is 1. The highest BCUT2D eigenvalue weighted by atomic mass is 16.4. The van der Waals surface area contributed by atoms with E-state index < -0.39 is 5.97 Å². The van der Waals surface area contributed by atoms with Crippen molar-refractivity contribution in [3.63, 3.8) is 0 Å². The van der Waals surface area contributed by atoms with Gasteiger partial charge in [0.05, 0.1) is 18.2 Å². The maximum atomic E-state index is 10.3. The number of carbonyl (C=O) groups is 1. The second kappa shape index (κ2) is 4.11. The summed E-state index contributed by atoms with van der Waals surface area (Å²) < 4.78 is 0. The molecule has 0 saturated carbocycles. The molecule has 0 spiro atoms. The van der Waals surface area contributed by atoms with E-state index in [0.29, 0.717) is 5.69 Å². The van der Waals surface area contributed by atoms with Crippen LogP contribution in [0.3, 0.4) is 0 Å². The molecule has 0 atom stereocenters. The molecular weight excluding hydrogens is 180 g/mol. The van der Waals surface area contributed by atoms with Gasteiger partial charge in [-0.2, -0.15) is 0 Å². The van der Waals surface area contributed by atoms with E-state index in [0.717, 1.165) is 16.1 Å². The molecule has 1 aromatic rings. The molecule has 0 amide bonds. The smallest absolute Gasteiger partial charge is 0.0737 e. The van der Waals surface area contributed by atoms with Gasteiger partial charge in [-0.1, -0.05) is 6.07 Å². The Bertz CT molecular complexity index is 330. The van der Waals surface area contributed by atoms with E-state index in [-0.39, 0.29) is 6.54 Å². The summed E-state index contributed by atoms with van der Waals surface area (Å²) in [5.74, 6) is 4.36. The van der Waals surface area contributed by atoms with E-state index in [1.807, 2.05) is 32.0 Å². The molecule has 0 aliphatic carbocycles. The summed E-state index contributed by atoms with van der Waals surface area (Å²) in [4.78, 5) is 10.3. The number of aryl methyl sites for hydroxylation is 2. The van der Waals surface area contributed by atoms with Crippen molar-refractivity contribution in [2.24, 2.45) is 5.84 Å². The van der Waals surface area contributed by atoms with Crippen LogP contribution in [-0.2, 0) is 4.79 Å². The van der Waals surface area contributed by atoms with Gasteiger partial charge in [0, 0.05) is 0 Å². The lowest BCUT2D eigenvalue weighted by Gasteiger charge is -2.20. The van der Waals surface area contributed by atoms with E-state index in [4.69, 9.17) is 5.84 Å². The normalized spacial score (nSPS) is 9.93. The molecule has 0 bridgehead atoms. The van der Waals surface area contributed by atoms with Gasteiger partial charge in [0.25, 0.3) is 0 Å². The molecule has 0 aromatic heterocycles. The molecule has 2 N–H and O–H groups in total. The number of hydrogen-bond donors (Lipinski definition) is 1. The summed E-state index contributed by atoms with van der Waals surface area (Å²) in [5, 5.41) is 11.5. The van der Waals surface area contributed by atoms with Crippen LogP contribution in [0.15, 0.2) is 18.2 Å². The highest BCUT2D eigenvalue weighted by molar-refractivity contribution is 5.71. The van der Waals surface area contributed by atoms with Crippen LogP contribution in [0.25, 0.3) is 0 Å². The average Bonchev–Trinajstić information content (AvgIpc) is 2.00. The van der Waals surface area contributed by atoms with Crippen molar-refractivity contribution in [1.29, 1.82) is 0 Å². The average molecular weight is 193 g/mol. The molecule has 0 heterocycles. The number of anilines is 1. The Balaban J connectivity index is 2.89. The first-order valence-electron chi connectivity index (χ1n) is 4.29. The van der Waals surface area contributed by atoms with Gasteiger partial charge in [-0.15, -0.1) is 0 Å². The zero-order chi connectivity index (χ0) is 10.7. The van der Waals surface area contributed by atoms with Crippen LogP contribution >= 0.6 is 0 Å². The Kier molecular flexibility index (Phi) is 3.09. The number of rotatable bonds is 3. The maximum absolute atomic E-state index is 10.3. The van der Waals surface area contributed by atoms with Crippen LogP contribution in [0.5, 0.6) is 0 Å². The number of hydrazine groups is 1. The predicted molar refractivity (Wildman–Crippen MR) is 52.5 cm³/mol. The van der Waals surface area contributed by atoms with Crippen molar-refractivity contribution in [2.75, 3.05) is 11.6 Å². The lowest BCUT2D eigenvalue weighted by molar-refractivity contribution is -0.303. The molecule has 76 valence electrons. The number of hydrogen-bond acceptors (Lipinski definition) is 4. The Morgan fingerprint density at radius 1 is 1.36 bits per heavy atom. The third-order valence-electron chi connectivity index (χ3n) is 1.84. The van der Waals surface area contributed by atoms with Gasteiger partial charge < -0.3 is 14.9 Å². The number of benzene rings is 1. The first-order valence-corrected chi connectivity index (χ1v) is 4.29. The number of carboxylic acids is 1. The second-order valence-corrected chi connectivity index (χ2v) is 3.35. The van der Waals surface area contributed by atoms with Crippen LogP contribution in [0.4, 0.5) is 5.69 Å². The van der Waals surface area contributed by atoms with Gasteiger partial charge in [-0.3, -0.25) is 0 Å². The van der Waals surface area contributed by atoms with E-state index >= 15 is 0 Å². The van der Waals surface area contributed by atoms with E-state index in [2.05, 4.69) is 0 Å². The van der Waals surface area contributed by atoms with Crippen molar-refractivity contribution < 1.29 is 9.90 Å². The van der Waals surface area contributed by atoms with Gasteiger partial charge in [-0.05, 0) is 37.1 Å². The molecule has 0 aliphatic rings. The van der Waals surface area contributed by atoms with Gasteiger partial charge in [0.15, 0.2) is 0 Å². The first-order chi connectivity index (χ1) is 6.49. The van der Waals surface area contributed by atoms with Gasteiger partial charge >= 0.3 is 0 Å². The van der Waals surface area contributed by atoms with Crippen LogP contribution in [0.1, 0.15) is 11.1 Å². The zero-order valence-corrected chi connectivity index (χ0v) is 8.28. The van der Waals surface area contributed by atoms with Crippen molar-refractivity contribution in [1.82, 2.24) is 0 Å². The molecular formula is C10H13N2O2-. The standard InChI is InChI=1S/C10H14N2O2/c1-7-3-8(2)5-9(4-7)12(11)6-10(13)14/h3-5H,6,11H2,1-2H3,(H,13,14)/p-1. The summed E-state index contributed by atoms with van der Waals surface area (Å²) in [6, 6.07) is 5.65. The van der Waals surface area contributed by atoms with Crippen LogP contribution < -0.4 is 16.0 Å². The minimum absolute atomic E-state index is 0.303. The molecule has 4 heteroatoms. The lowest BCUT2D eigenvalue weighted by atomic mass is 10.1. The number of carbonyl (C=O) groups excluding carboxylic acids is 1. The molecule has 4 nitrogen and oxygen atoms in total. The third-order valence-corrected chi connectivity index (χ3v) is 1.84. The summed E-state index contributed by atoms with van der Waals surface area (Å²) in [6.45, 7) is 3.57. The predicted octanol–water partition coefficient (Wildman–Crippen LogP) is -0.267. The monoisotopic (exact) mass is 193 g/mol. The lowest BCUT2D eigenvalue weighted by Crippen LogP contribution is -2.42. The molecule has 1 aromatic carbocycles. The van der Waals surface area contributed by atoms with Crippen LogP contribution in [0, 0.1) is 13.8 Å². The summed E-state index contributed by atoms with van der Waals surface area (Å²) >= 11 is 0. The highest BCUT2D eigenvalue weighted by Gasteiger charge is 2.02. The molecule has 0 aliphatic heterocycles. The summed E-state index contributed by atoms with van der Waals surface area (Å²) in [6.07, 6.45) is 0. The molecule has 0 radical (unpaired) electrons. The Hall–Kier alpha value is -1.55. The van der Waals surface area contributed by atoms with Gasteiger partial charge in [0.1, 0.15) is 0 Å². The maximum Gasteiger partial charge on any atom is 0.0737 e. The highest BCUT2D eigenvalue weighted by Crippen LogP contribution is 2.15. The van der Waals surface area contributed by atoms with E-state index in [1.54, 1.807) is 0 Å². The minimum atomic E-state index is -1.19. The SMILES string of the molecule is Cc1cc(C)cc(N(N)CC(=O)[O-])c1. The molecule has 14 heavy (non-hydrogen) atoms. The van der Waals surface area contributed by atoms with Crippen molar-refractivity contribution in [2.45, 2.75) is 13.8 Å². The van der Waals surface area contributed by atoms with Crippen LogP contribution in [0.2, 0.25) is 0 Å². The third kappa shape index (κ3) is 2.74. The first kappa shape index (κ1) is 10.5. The molecule has 0 fully saturated rings. The van der Waals surface area contributed by atoms with Crippen molar-refractivity contribution in [3.05, 3.63) is 29.3 Å². The molecule has 1 rings (SSSR count). The number of nitrogens with zero attached hydrogens (tertiary/aromatic N) is 1. The fourth-order valence-electron chi connectivity index (χ4n) is 1.35. The Labute approximate surface area is 82.9 Å². The molecule has 0 unspecified atom stereocenters. The molecule has 0 saturated heterocycles. The van der Waals surface area contributed by atoms with Crippen molar-refractivity contribution >= 4 is 11.7 Å².